The van der Waals surface area contributed by atoms with Gasteiger partial charge in [0, 0.05) is 12.0 Å². The SMILES string of the molecule is C=C(CC)C1(CN)CC1. The van der Waals surface area contributed by atoms with Crippen molar-refractivity contribution in [1.82, 2.24) is 0 Å². The first-order chi connectivity index (χ1) is 4.25. The highest BCUT2D eigenvalue weighted by atomic mass is 14.7. The summed E-state index contributed by atoms with van der Waals surface area (Å²) in [5.74, 6) is 0. The molecule has 0 aromatic heterocycles. The van der Waals surface area contributed by atoms with Gasteiger partial charge >= 0.3 is 0 Å². The topological polar surface area (TPSA) is 26.0 Å². The van der Waals surface area contributed by atoms with E-state index in [1.54, 1.807) is 0 Å². The first-order valence-corrected chi connectivity index (χ1v) is 3.63. The van der Waals surface area contributed by atoms with Crippen molar-refractivity contribution in [3.05, 3.63) is 12.2 Å². The van der Waals surface area contributed by atoms with Gasteiger partial charge in [-0.05, 0) is 19.3 Å². The summed E-state index contributed by atoms with van der Waals surface area (Å²) in [7, 11) is 0. The lowest BCUT2D eigenvalue weighted by Crippen LogP contribution is -2.16. The largest absolute Gasteiger partial charge is 0.330 e. The minimum absolute atomic E-state index is 0.384. The predicted octanol–water partition coefficient (Wildman–Crippen LogP) is 1.69. The molecular formula is C8H15N. The molecule has 0 aliphatic heterocycles. The fourth-order valence-corrected chi connectivity index (χ4v) is 1.23. The molecule has 1 heteroatoms. The molecule has 0 saturated heterocycles. The van der Waals surface area contributed by atoms with Crippen molar-refractivity contribution in [2.24, 2.45) is 11.1 Å². The molecule has 0 aromatic rings. The lowest BCUT2D eigenvalue weighted by molar-refractivity contribution is 0.603. The molecule has 2 N–H and O–H groups in total. The molecular weight excluding hydrogens is 110 g/mol. The third-order valence-electron chi connectivity index (χ3n) is 2.42. The maximum atomic E-state index is 5.58. The van der Waals surface area contributed by atoms with E-state index in [9.17, 15) is 0 Å². The molecule has 1 fully saturated rings. The smallest absolute Gasteiger partial charge is 0.00323 e. The average Bonchev–Trinajstić information content (AvgIpc) is 2.66. The van der Waals surface area contributed by atoms with Crippen LogP contribution in [0.1, 0.15) is 26.2 Å². The molecule has 0 bridgehead atoms. The van der Waals surface area contributed by atoms with Crippen molar-refractivity contribution in [3.63, 3.8) is 0 Å². The maximum absolute atomic E-state index is 5.58. The van der Waals surface area contributed by atoms with Crippen LogP contribution in [0.4, 0.5) is 0 Å². The third-order valence-corrected chi connectivity index (χ3v) is 2.42. The Balaban J connectivity index is 2.49. The summed E-state index contributed by atoms with van der Waals surface area (Å²) in [4.78, 5) is 0. The molecule has 9 heavy (non-hydrogen) atoms. The van der Waals surface area contributed by atoms with E-state index < -0.39 is 0 Å². The quantitative estimate of drug-likeness (QED) is 0.571. The van der Waals surface area contributed by atoms with E-state index in [4.69, 9.17) is 5.73 Å². The normalized spacial score (nSPS) is 21.6. The highest BCUT2D eigenvalue weighted by Gasteiger charge is 2.42. The summed E-state index contributed by atoms with van der Waals surface area (Å²) in [5.41, 5.74) is 7.32. The Morgan fingerprint density at radius 3 is 2.33 bits per heavy atom. The van der Waals surface area contributed by atoms with Crippen LogP contribution in [0.15, 0.2) is 12.2 Å². The molecule has 0 heterocycles. The summed E-state index contributed by atoms with van der Waals surface area (Å²) in [5, 5.41) is 0. The van der Waals surface area contributed by atoms with Gasteiger partial charge in [0.1, 0.15) is 0 Å². The van der Waals surface area contributed by atoms with Crippen molar-refractivity contribution in [3.8, 4) is 0 Å². The number of nitrogens with two attached hydrogens (primary N) is 1. The standard InChI is InChI=1S/C8H15N/c1-3-7(2)8(6-9)4-5-8/h2-6,9H2,1H3. The molecule has 52 valence electrons. The van der Waals surface area contributed by atoms with E-state index in [-0.39, 0.29) is 0 Å². The van der Waals surface area contributed by atoms with Crippen LogP contribution in [-0.2, 0) is 0 Å². The van der Waals surface area contributed by atoms with E-state index in [2.05, 4.69) is 13.5 Å². The second kappa shape index (κ2) is 2.14. The van der Waals surface area contributed by atoms with Crippen LogP contribution in [0.5, 0.6) is 0 Å². The molecule has 1 aliphatic carbocycles. The Kier molecular flexibility index (Phi) is 1.62. The van der Waals surface area contributed by atoms with Gasteiger partial charge in [-0.15, -0.1) is 0 Å². The monoisotopic (exact) mass is 125 g/mol. The van der Waals surface area contributed by atoms with Crippen LogP contribution in [0.2, 0.25) is 0 Å². The van der Waals surface area contributed by atoms with Crippen molar-refractivity contribution in [2.75, 3.05) is 6.54 Å². The molecule has 0 atom stereocenters. The predicted molar refractivity (Wildman–Crippen MR) is 40.2 cm³/mol. The minimum Gasteiger partial charge on any atom is -0.330 e. The van der Waals surface area contributed by atoms with E-state index in [0.29, 0.717) is 5.41 Å². The number of hydrogen-bond donors (Lipinski definition) is 1. The zero-order valence-electron chi connectivity index (χ0n) is 6.11. The Morgan fingerprint density at radius 2 is 2.22 bits per heavy atom. The van der Waals surface area contributed by atoms with Gasteiger partial charge in [-0.25, -0.2) is 0 Å². The second-order valence-electron chi connectivity index (χ2n) is 2.94. The van der Waals surface area contributed by atoms with Gasteiger partial charge in [-0.3, -0.25) is 0 Å². The Hall–Kier alpha value is -0.300. The molecule has 1 nitrogen and oxygen atoms in total. The van der Waals surface area contributed by atoms with Crippen molar-refractivity contribution in [1.29, 1.82) is 0 Å². The van der Waals surface area contributed by atoms with E-state index in [1.807, 2.05) is 0 Å². The Bertz CT molecular complexity index is 123. The summed E-state index contributed by atoms with van der Waals surface area (Å²) in [6.07, 6.45) is 3.64. The summed E-state index contributed by atoms with van der Waals surface area (Å²) in [6, 6.07) is 0. The van der Waals surface area contributed by atoms with Gasteiger partial charge in [-0.2, -0.15) is 0 Å². The van der Waals surface area contributed by atoms with Gasteiger partial charge in [0.15, 0.2) is 0 Å². The first kappa shape index (κ1) is 6.81. The Morgan fingerprint density at radius 1 is 1.67 bits per heavy atom. The van der Waals surface area contributed by atoms with Crippen molar-refractivity contribution >= 4 is 0 Å². The highest BCUT2D eigenvalue weighted by molar-refractivity contribution is 5.18. The zero-order chi connectivity index (χ0) is 6.91. The van der Waals surface area contributed by atoms with Gasteiger partial charge in [-0.1, -0.05) is 19.1 Å². The van der Waals surface area contributed by atoms with Crippen LogP contribution in [-0.4, -0.2) is 6.54 Å². The van der Waals surface area contributed by atoms with Crippen molar-refractivity contribution < 1.29 is 0 Å². The van der Waals surface area contributed by atoms with Crippen LogP contribution in [0, 0.1) is 5.41 Å². The van der Waals surface area contributed by atoms with Crippen LogP contribution in [0.3, 0.4) is 0 Å². The minimum atomic E-state index is 0.384. The summed E-state index contributed by atoms with van der Waals surface area (Å²) < 4.78 is 0. The van der Waals surface area contributed by atoms with Crippen LogP contribution >= 0.6 is 0 Å². The number of hydrogen-bond acceptors (Lipinski definition) is 1. The fourth-order valence-electron chi connectivity index (χ4n) is 1.23. The van der Waals surface area contributed by atoms with Crippen molar-refractivity contribution in [2.45, 2.75) is 26.2 Å². The second-order valence-corrected chi connectivity index (χ2v) is 2.94. The van der Waals surface area contributed by atoms with E-state index in [1.165, 1.54) is 18.4 Å². The molecule has 1 aliphatic rings. The average molecular weight is 125 g/mol. The number of rotatable bonds is 3. The summed E-state index contributed by atoms with van der Waals surface area (Å²) in [6.45, 7) is 6.95. The highest BCUT2D eigenvalue weighted by Crippen LogP contribution is 2.51. The van der Waals surface area contributed by atoms with Crippen LogP contribution < -0.4 is 5.73 Å². The Labute approximate surface area is 56.9 Å². The lowest BCUT2D eigenvalue weighted by atomic mass is 9.96. The van der Waals surface area contributed by atoms with Gasteiger partial charge in [0.25, 0.3) is 0 Å². The van der Waals surface area contributed by atoms with E-state index >= 15 is 0 Å². The first-order valence-electron chi connectivity index (χ1n) is 3.63. The summed E-state index contributed by atoms with van der Waals surface area (Å²) >= 11 is 0. The molecule has 0 spiro atoms. The molecule has 0 unspecified atom stereocenters. The van der Waals surface area contributed by atoms with E-state index in [0.717, 1.165) is 13.0 Å². The maximum Gasteiger partial charge on any atom is 0.00323 e. The molecule has 0 amide bonds. The zero-order valence-corrected chi connectivity index (χ0v) is 6.11. The molecule has 0 radical (unpaired) electrons. The molecule has 1 rings (SSSR count). The van der Waals surface area contributed by atoms with Gasteiger partial charge in [0.2, 0.25) is 0 Å². The van der Waals surface area contributed by atoms with Gasteiger partial charge < -0.3 is 5.73 Å². The molecule has 1 saturated carbocycles. The van der Waals surface area contributed by atoms with Gasteiger partial charge in [0.05, 0.1) is 0 Å². The third kappa shape index (κ3) is 1.01. The fraction of sp³-hybridized carbons (Fsp3) is 0.750. The molecule has 0 aromatic carbocycles. The lowest BCUT2D eigenvalue weighted by Gasteiger charge is -2.12. The van der Waals surface area contributed by atoms with Crippen LogP contribution in [0.25, 0.3) is 0 Å².